The molecule has 4 rings (SSSR count). The second-order valence-electron chi connectivity index (χ2n) is 11.5. The molecule has 0 aromatic carbocycles. The Morgan fingerprint density at radius 3 is 2.62 bits per heavy atom. The van der Waals surface area contributed by atoms with Crippen LogP contribution in [0.5, 0.6) is 0 Å². The first-order valence-electron chi connectivity index (χ1n) is 15.0. The van der Waals surface area contributed by atoms with Crippen LogP contribution in [0.4, 0.5) is 0 Å². The van der Waals surface area contributed by atoms with E-state index in [1.54, 1.807) is 0 Å². The Kier molecular flexibility index (Phi) is 4.13. The highest BCUT2D eigenvalue weighted by Gasteiger charge is 2.58. The van der Waals surface area contributed by atoms with Gasteiger partial charge in [0.25, 0.3) is 0 Å². The van der Waals surface area contributed by atoms with Crippen molar-refractivity contribution in [2.45, 2.75) is 98.9 Å². The minimum Gasteiger partial charge on any atom is -0.393 e. The molecule has 1 nitrogen and oxygen atoms in total. The summed E-state index contributed by atoms with van der Waals surface area (Å²) in [6.07, 6.45) is 1.52. The molecule has 0 bridgehead atoms. The normalized spacial score (nSPS) is 56.1. The summed E-state index contributed by atoms with van der Waals surface area (Å²) >= 11 is 0. The molecule has 0 aliphatic heterocycles. The molecule has 0 heterocycles. The van der Waals surface area contributed by atoms with Crippen LogP contribution in [0, 0.1) is 52.3 Å². The summed E-state index contributed by atoms with van der Waals surface area (Å²) in [7, 11) is 0. The number of hydrogen-bond acceptors (Lipinski definition) is 1. The fraction of sp³-hybridized carbons (Fsp3) is 0.857. The van der Waals surface area contributed by atoms with E-state index in [4.69, 9.17) is 8.22 Å². The number of allylic oxidation sites excluding steroid dienone is 3. The highest BCUT2D eigenvalue weighted by Crippen LogP contribution is 2.67. The Labute approximate surface area is 188 Å². The molecule has 3 saturated carbocycles. The van der Waals surface area contributed by atoms with E-state index in [0.717, 1.165) is 19.3 Å². The molecule has 0 spiro atoms. The van der Waals surface area contributed by atoms with E-state index in [-0.39, 0.29) is 35.3 Å². The van der Waals surface area contributed by atoms with Crippen molar-refractivity contribution in [2.24, 2.45) is 52.3 Å². The highest BCUT2D eigenvalue weighted by atomic mass is 16.3. The SMILES string of the molecule is [2H]C1=C2C([2H])([2H])[C@@]([2H])(O)C([2H])([2H])C[C@]2(C)[C@H]2CC[C@]3(C)[C@@H]([C@H](C)/C=C/[C@H](C)C(C)C)CC[C@H]3[C@@H]2C1. The zero-order chi connectivity index (χ0) is 26.4. The van der Waals surface area contributed by atoms with Crippen molar-refractivity contribution in [1.29, 1.82) is 0 Å². The molecule has 0 radical (unpaired) electrons. The number of fused-ring (bicyclic) bond motifs is 5. The summed E-state index contributed by atoms with van der Waals surface area (Å²) in [4.78, 5) is 0. The van der Waals surface area contributed by atoms with Gasteiger partial charge in [0.1, 0.15) is 0 Å². The van der Waals surface area contributed by atoms with Gasteiger partial charge in [-0.25, -0.2) is 0 Å². The van der Waals surface area contributed by atoms with Gasteiger partial charge in [-0.3, -0.25) is 0 Å². The van der Waals surface area contributed by atoms with E-state index in [2.05, 4.69) is 46.8 Å². The molecule has 29 heavy (non-hydrogen) atoms. The molecule has 3 fully saturated rings. The predicted molar refractivity (Wildman–Crippen MR) is 124 cm³/mol. The lowest BCUT2D eigenvalue weighted by Gasteiger charge is -2.58. The van der Waals surface area contributed by atoms with Crippen LogP contribution < -0.4 is 0 Å². The van der Waals surface area contributed by atoms with E-state index >= 15 is 0 Å². The standard InChI is InChI=1S/C28H46O/c1-18(2)19(3)7-8-20(4)24-11-12-25-23-10-9-21-17-22(29)13-15-27(21,5)26(23)14-16-28(24,25)6/h7-9,18-20,22-26,29H,10-17H2,1-6H3/b8-7+/t19-,20+,22-,23-,24+,25-,26-,27-,28+/m0/s1/i9D,13D2,17D2,22D. The van der Waals surface area contributed by atoms with Gasteiger partial charge in [0.15, 0.2) is 0 Å². The van der Waals surface area contributed by atoms with Gasteiger partial charge in [-0.2, -0.15) is 0 Å². The number of rotatable bonds is 4. The van der Waals surface area contributed by atoms with E-state index in [1.165, 1.54) is 6.42 Å². The molecule has 0 aromatic rings. The minimum absolute atomic E-state index is 0.0801. The first-order chi connectivity index (χ1) is 15.9. The smallest absolute Gasteiger partial charge is 0.0604 e. The van der Waals surface area contributed by atoms with Gasteiger partial charge in [0.05, 0.1) is 8.82 Å². The predicted octanol–water partition coefficient (Wildman–Crippen LogP) is 7.41. The minimum atomic E-state index is -2.90. The van der Waals surface area contributed by atoms with Crippen LogP contribution in [0.25, 0.3) is 0 Å². The third-order valence-electron chi connectivity index (χ3n) is 9.69. The molecule has 4 aliphatic rings. The van der Waals surface area contributed by atoms with Gasteiger partial charge in [-0.15, -0.1) is 0 Å². The molecule has 0 amide bonds. The van der Waals surface area contributed by atoms with Gasteiger partial charge in [0.2, 0.25) is 0 Å². The van der Waals surface area contributed by atoms with Crippen molar-refractivity contribution >= 4 is 0 Å². The summed E-state index contributed by atoms with van der Waals surface area (Å²) in [6.45, 7) is 13.5. The van der Waals surface area contributed by atoms with Crippen LogP contribution in [0.2, 0.25) is 0 Å². The monoisotopic (exact) mass is 404 g/mol. The van der Waals surface area contributed by atoms with Crippen molar-refractivity contribution < 1.29 is 13.3 Å². The molecular weight excluding hydrogens is 352 g/mol. The topological polar surface area (TPSA) is 20.2 Å². The van der Waals surface area contributed by atoms with E-state index in [0.29, 0.717) is 36.0 Å². The molecule has 164 valence electrons. The lowest BCUT2D eigenvalue weighted by atomic mass is 9.47. The van der Waals surface area contributed by atoms with Crippen molar-refractivity contribution in [2.75, 3.05) is 0 Å². The number of hydrogen-bond donors (Lipinski definition) is 1. The zero-order valence-electron chi connectivity index (χ0n) is 25.4. The van der Waals surface area contributed by atoms with Crippen molar-refractivity contribution in [3.8, 4) is 0 Å². The fourth-order valence-electron chi connectivity index (χ4n) is 7.42. The summed E-state index contributed by atoms with van der Waals surface area (Å²) in [5.74, 6) is 3.00. The molecular formula is C28H46O. The molecule has 0 unspecified atom stereocenters. The van der Waals surface area contributed by atoms with Crippen molar-refractivity contribution in [3.63, 3.8) is 0 Å². The Hall–Kier alpha value is -0.560. The van der Waals surface area contributed by atoms with Crippen molar-refractivity contribution in [1.82, 2.24) is 0 Å². The van der Waals surface area contributed by atoms with Crippen LogP contribution in [-0.4, -0.2) is 11.2 Å². The quantitative estimate of drug-likeness (QED) is 0.484. The molecule has 1 N–H and O–H groups in total. The lowest BCUT2D eigenvalue weighted by Crippen LogP contribution is -2.50. The van der Waals surface area contributed by atoms with Crippen molar-refractivity contribution in [3.05, 3.63) is 23.8 Å². The lowest BCUT2D eigenvalue weighted by molar-refractivity contribution is -0.0540. The first-order valence-corrected chi connectivity index (χ1v) is 12.0. The molecule has 1 heteroatoms. The summed E-state index contributed by atoms with van der Waals surface area (Å²) in [5.41, 5.74) is -0.489. The van der Waals surface area contributed by atoms with Crippen LogP contribution in [0.3, 0.4) is 0 Å². The molecule has 0 saturated heterocycles. The largest absolute Gasteiger partial charge is 0.393 e. The second kappa shape index (κ2) is 7.85. The Bertz CT molecular complexity index is 907. The maximum Gasteiger partial charge on any atom is 0.0604 e. The summed E-state index contributed by atoms with van der Waals surface area (Å²) < 4.78 is 51.5. The van der Waals surface area contributed by atoms with Crippen LogP contribution in [0.15, 0.2) is 23.8 Å². The summed E-state index contributed by atoms with van der Waals surface area (Å²) in [5, 5.41) is 10.7. The van der Waals surface area contributed by atoms with Gasteiger partial charge >= 0.3 is 0 Å². The maximum atomic E-state index is 10.7. The van der Waals surface area contributed by atoms with Crippen LogP contribution >= 0.6 is 0 Å². The zero-order valence-corrected chi connectivity index (χ0v) is 19.4. The van der Waals surface area contributed by atoms with Gasteiger partial charge < -0.3 is 5.11 Å². The van der Waals surface area contributed by atoms with Gasteiger partial charge in [0, 0.05) is 5.48 Å². The van der Waals surface area contributed by atoms with E-state index in [1.807, 2.05) is 6.92 Å². The Balaban J connectivity index is 1.68. The number of aliphatic hydroxyl groups is 1. The Morgan fingerprint density at radius 2 is 1.90 bits per heavy atom. The first kappa shape index (κ1) is 15.3. The van der Waals surface area contributed by atoms with E-state index in [9.17, 15) is 5.11 Å². The van der Waals surface area contributed by atoms with Gasteiger partial charge in [-0.1, -0.05) is 65.3 Å². The second-order valence-corrected chi connectivity index (χ2v) is 11.5. The third kappa shape index (κ3) is 3.58. The highest BCUT2D eigenvalue weighted by molar-refractivity contribution is 5.25. The van der Waals surface area contributed by atoms with Crippen LogP contribution in [-0.2, 0) is 0 Å². The Morgan fingerprint density at radius 1 is 1.14 bits per heavy atom. The average molecular weight is 405 g/mol. The average Bonchev–Trinajstić information content (AvgIpc) is 3.07. The van der Waals surface area contributed by atoms with Gasteiger partial charge in [-0.05, 0) is 104 Å². The third-order valence-corrected chi connectivity index (χ3v) is 9.69. The van der Waals surface area contributed by atoms with E-state index < -0.39 is 24.2 Å². The fourth-order valence-corrected chi connectivity index (χ4v) is 7.42. The molecule has 0 aromatic heterocycles. The summed E-state index contributed by atoms with van der Waals surface area (Å²) in [6, 6.07) is 0.200. The molecule has 4 aliphatic carbocycles. The van der Waals surface area contributed by atoms with Crippen LogP contribution in [0.1, 0.15) is 101 Å². The maximum absolute atomic E-state index is 10.7. The molecule has 9 atom stereocenters.